The molecule has 0 aliphatic heterocycles. The molecule has 1 aliphatic rings. The lowest BCUT2D eigenvalue weighted by Crippen LogP contribution is -2.14. The molecule has 0 amide bonds. The van der Waals surface area contributed by atoms with Gasteiger partial charge in [-0.3, -0.25) is 0 Å². The van der Waals surface area contributed by atoms with Gasteiger partial charge in [0.1, 0.15) is 0 Å². The number of hydrogen-bond acceptors (Lipinski definition) is 2. The van der Waals surface area contributed by atoms with Crippen LogP contribution in [-0.4, -0.2) is 16.1 Å². The molecule has 0 saturated carbocycles. The van der Waals surface area contributed by atoms with Crippen molar-refractivity contribution in [1.82, 2.24) is 4.98 Å². The van der Waals surface area contributed by atoms with E-state index in [1.807, 2.05) is 24.3 Å². The average molecular weight is 440 g/mol. The molecule has 1 atom stereocenters. The van der Waals surface area contributed by atoms with Crippen molar-refractivity contribution in [3.63, 3.8) is 0 Å². The van der Waals surface area contributed by atoms with Gasteiger partial charge in [-0.25, -0.2) is 9.78 Å². The van der Waals surface area contributed by atoms with Crippen LogP contribution < -0.4 is 0 Å². The Hall–Kier alpha value is -3.43. The first-order valence-electron chi connectivity index (χ1n) is 10.8. The smallest absolute Gasteiger partial charge is 0.355 e. The van der Waals surface area contributed by atoms with Crippen molar-refractivity contribution in [3.05, 3.63) is 101 Å². The molecule has 0 spiro atoms. The van der Waals surface area contributed by atoms with Crippen molar-refractivity contribution in [3.8, 4) is 0 Å². The van der Waals surface area contributed by atoms with Gasteiger partial charge in [0.15, 0.2) is 5.69 Å². The van der Waals surface area contributed by atoms with Crippen LogP contribution in [0.5, 0.6) is 0 Å². The number of aromatic carboxylic acids is 1. The monoisotopic (exact) mass is 439 g/mol. The van der Waals surface area contributed by atoms with Gasteiger partial charge in [0.05, 0.1) is 0 Å². The summed E-state index contributed by atoms with van der Waals surface area (Å²) < 4.78 is 0. The highest BCUT2D eigenvalue weighted by molar-refractivity contribution is 6.09. The van der Waals surface area contributed by atoms with Crippen molar-refractivity contribution in [2.75, 3.05) is 0 Å². The van der Waals surface area contributed by atoms with Crippen molar-refractivity contribution in [1.29, 1.82) is 0 Å². The summed E-state index contributed by atoms with van der Waals surface area (Å²) in [5.41, 5.74) is 3.67. The maximum atomic E-state index is 11.9. The van der Waals surface area contributed by atoms with Crippen LogP contribution in [0.3, 0.4) is 0 Å². The van der Waals surface area contributed by atoms with Crippen LogP contribution in [0.15, 0.2) is 78.9 Å². The summed E-state index contributed by atoms with van der Waals surface area (Å²) in [6, 6.07) is 27.1. The van der Waals surface area contributed by atoms with Gasteiger partial charge in [0.2, 0.25) is 0 Å². The van der Waals surface area contributed by atoms with Gasteiger partial charge in [-0.15, -0.1) is 12.4 Å². The molecule has 0 saturated heterocycles. The summed E-state index contributed by atoms with van der Waals surface area (Å²) in [4.78, 5) is 16.6. The summed E-state index contributed by atoms with van der Waals surface area (Å²) in [5, 5.41) is 16.5. The Morgan fingerprint density at radius 2 is 1.53 bits per heavy atom. The molecule has 1 heterocycles. The molecular formula is C28H22ClNO2. The predicted molar refractivity (Wildman–Crippen MR) is 132 cm³/mol. The molecule has 3 nitrogen and oxygen atoms in total. The summed E-state index contributed by atoms with van der Waals surface area (Å²) in [6.07, 6.45) is 3.10. The maximum Gasteiger partial charge on any atom is 0.355 e. The van der Waals surface area contributed by atoms with Gasteiger partial charge in [-0.1, -0.05) is 72.8 Å². The van der Waals surface area contributed by atoms with Crippen molar-refractivity contribution in [2.24, 2.45) is 0 Å². The van der Waals surface area contributed by atoms with E-state index < -0.39 is 5.97 Å². The molecule has 1 aromatic heterocycles. The average Bonchev–Trinajstić information content (AvgIpc) is 2.82. The lowest BCUT2D eigenvalue weighted by Gasteiger charge is -2.27. The van der Waals surface area contributed by atoms with Crippen LogP contribution in [0, 0.1) is 0 Å². The molecule has 1 N–H and O–H groups in total. The number of carboxylic acids is 1. The molecule has 4 heteroatoms. The predicted octanol–water partition coefficient (Wildman–Crippen LogP) is 7.13. The van der Waals surface area contributed by atoms with E-state index in [1.165, 1.54) is 32.7 Å². The number of pyridine rings is 1. The van der Waals surface area contributed by atoms with E-state index >= 15 is 0 Å². The second-order valence-electron chi connectivity index (χ2n) is 8.38. The zero-order valence-electron chi connectivity index (χ0n) is 17.4. The van der Waals surface area contributed by atoms with E-state index in [9.17, 15) is 9.90 Å². The van der Waals surface area contributed by atoms with E-state index in [2.05, 4.69) is 59.6 Å². The molecule has 1 unspecified atom stereocenters. The van der Waals surface area contributed by atoms with E-state index in [0.717, 1.165) is 30.3 Å². The molecule has 0 radical (unpaired) electrons. The van der Waals surface area contributed by atoms with Crippen LogP contribution in [-0.2, 0) is 6.42 Å². The number of aromatic nitrogens is 1. The molecule has 5 aromatic rings. The van der Waals surface area contributed by atoms with Crippen LogP contribution in [0.4, 0.5) is 0 Å². The SMILES string of the molecule is Cl.O=C(O)c1nc(C2CCCc3c2ccc2c3ccc3ccccc32)cc2ccccc12. The molecule has 4 aromatic carbocycles. The normalized spacial score (nSPS) is 15.4. The second-order valence-corrected chi connectivity index (χ2v) is 8.38. The van der Waals surface area contributed by atoms with E-state index in [-0.39, 0.29) is 24.0 Å². The first-order chi connectivity index (χ1) is 15.2. The Morgan fingerprint density at radius 3 is 2.34 bits per heavy atom. The second kappa shape index (κ2) is 7.92. The summed E-state index contributed by atoms with van der Waals surface area (Å²) in [6.45, 7) is 0. The van der Waals surface area contributed by atoms with Gasteiger partial charge in [0, 0.05) is 17.0 Å². The van der Waals surface area contributed by atoms with Gasteiger partial charge < -0.3 is 5.11 Å². The molecule has 0 bridgehead atoms. The minimum Gasteiger partial charge on any atom is -0.476 e. The highest BCUT2D eigenvalue weighted by Crippen LogP contribution is 2.41. The van der Waals surface area contributed by atoms with Gasteiger partial charge in [-0.05, 0) is 63.4 Å². The largest absolute Gasteiger partial charge is 0.476 e. The quantitative estimate of drug-likeness (QED) is 0.297. The standard InChI is InChI=1S/C28H21NO2.ClH/c30-28(31)27-20-9-4-2-7-18(20)16-26(29-27)25-11-5-10-21-23-13-12-17-6-1-3-8-19(17)22(23)14-15-24(21)25;/h1-4,6-9,12-16,25H,5,10-11H2,(H,30,31);1H. The van der Waals surface area contributed by atoms with Crippen LogP contribution in [0.1, 0.15) is 46.1 Å². The van der Waals surface area contributed by atoms with Gasteiger partial charge >= 0.3 is 5.97 Å². The molecule has 1 aliphatic carbocycles. The van der Waals surface area contributed by atoms with Crippen molar-refractivity contribution >= 4 is 50.7 Å². The number of fused-ring (bicyclic) bond motifs is 6. The zero-order chi connectivity index (χ0) is 20.9. The number of halogens is 1. The molecule has 0 fully saturated rings. The molecule has 32 heavy (non-hydrogen) atoms. The van der Waals surface area contributed by atoms with Crippen molar-refractivity contribution < 1.29 is 9.90 Å². The molecular weight excluding hydrogens is 418 g/mol. The van der Waals surface area contributed by atoms with Crippen molar-refractivity contribution in [2.45, 2.75) is 25.2 Å². The Morgan fingerprint density at radius 1 is 0.812 bits per heavy atom. The molecule has 158 valence electrons. The van der Waals surface area contributed by atoms with Crippen LogP contribution >= 0.6 is 12.4 Å². The minimum absolute atomic E-state index is 0. The third-order valence-corrected chi connectivity index (χ3v) is 6.69. The first-order valence-corrected chi connectivity index (χ1v) is 10.8. The number of carboxylic acid groups (broad SMARTS) is 1. The number of benzene rings is 4. The fourth-order valence-electron chi connectivity index (χ4n) is 5.28. The highest BCUT2D eigenvalue weighted by Gasteiger charge is 2.26. The van der Waals surface area contributed by atoms with Gasteiger partial charge in [-0.2, -0.15) is 0 Å². The summed E-state index contributed by atoms with van der Waals surface area (Å²) in [7, 11) is 0. The summed E-state index contributed by atoms with van der Waals surface area (Å²) in [5.74, 6) is -0.860. The third-order valence-electron chi connectivity index (χ3n) is 6.69. The van der Waals surface area contributed by atoms with Crippen LogP contribution in [0.2, 0.25) is 0 Å². The third kappa shape index (κ3) is 3.12. The number of rotatable bonds is 2. The Bertz CT molecular complexity index is 1510. The lowest BCUT2D eigenvalue weighted by atomic mass is 9.78. The Balaban J connectivity index is 0.00000216. The molecule has 6 rings (SSSR count). The highest BCUT2D eigenvalue weighted by atomic mass is 35.5. The number of aryl methyl sites for hydroxylation is 1. The van der Waals surface area contributed by atoms with Crippen LogP contribution in [0.25, 0.3) is 32.3 Å². The fraction of sp³-hybridized carbons (Fsp3) is 0.143. The minimum atomic E-state index is -0.973. The van der Waals surface area contributed by atoms with E-state index in [4.69, 9.17) is 0 Å². The van der Waals surface area contributed by atoms with Gasteiger partial charge in [0.25, 0.3) is 0 Å². The summed E-state index contributed by atoms with van der Waals surface area (Å²) >= 11 is 0. The first kappa shape index (κ1) is 20.5. The Labute approximate surface area is 192 Å². The maximum absolute atomic E-state index is 11.9. The number of carbonyl (C=O) groups is 1. The fourth-order valence-corrected chi connectivity index (χ4v) is 5.28. The van der Waals surface area contributed by atoms with E-state index in [0.29, 0.717) is 5.39 Å². The van der Waals surface area contributed by atoms with E-state index in [1.54, 1.807) is 0 Å². The zero-order valence-corrected chi connectivity index (χ0v) is 18.2. The Kier molecular flexibility index (Phi) is 5.07. The lowest BCUT2D eigenvalue weighted by molar-refractivity contribution is 0.0692. The topological polar surface area (TPSA) is 50.2 Å². The number of hydrogen-bond donors (Lipinski definition) is 1. The number of nitrogens with zero attached hydrogens (tertiary/aromatic N) is 1.